The van der Waals surface area contributed by atoms with Crippen LogP contribution in [0.2, 0.25) is 0 Å². The summed E-state index contributed by atoms with van der Waals surface area (Å²) in [5.74, 6) is -0.674. The van der Waals surface area contributed by atoms with Gasteiger partial charge in [0.1, 0.15) is 12.2 Å². The zero-order valence-corrected chi connectivity index (χ0v) is 12.4. The van der Waals surface area contributed by atoms with Crippen molar-refractivity contribution in [2.24, 2.45) is 5.92 Å². The van der Waals surface area contributed by atoms with E-state index in [-0.39, 0.29) is 36.5 Å². The lowest BCUT2D eigenvalue weighted by Crippen LogP contribution is -2.36. The van der Waals surface area contributed by atoms with Crippen molar-refractivity contribution in [1.29, 1.82) is 0 Å². The molecule has 1 fully saturated rings. The molecule has 4 heteroatoms. The van der Waals surface area contributed by atoms with Crippen LogP contribution in [0.4, 0.5) is 0 Å². The molecule has 0 bridgehead atoms. The van der Waals surface area contributed by atoms with Crippen molar-refractivity contribution in [2.45, 2.75) is 71.3 Å². The Labute approximate surface area is 115 Å². The van der Waals surface area contributed by atoms with Crippen molar-refractivity contribution in [3.05, 3.63) is 0 Å². The van der Waals surface area contributed by atoms with Crippen LogP contribution in [0.1, 0.15) is 65.7 Å². The highest BCUT2D eigenvalue weighted by molar-refractivity contribution is 5.73. The first-order chi connectivity index (χ1) is 8.99. The van der Waals surface area contributed by atoms with Crippen molar-refractivity contribution >= 4 is 11.9 Å². The van der Waals surface area contributed by atoms with Gasteiger partial charge in [0.25, 0.3) is 0 Å². The molecule has 0 amide bonds. The smallest absolute Gasteiger partial charge is 0.309 e. The zero-order valence-electron chi connectivity index (χ0n) is 12.4. The van der Waals surface area contributed by atoms with Gasteiger partial charge < -0.3 is 9.47 Å². The van der Waals surface area contributed by atoms with Gasteiger partial charge in [0.2, 0.25) is 0 Å². The maximum atomic E-state index is 11.8. The molecule has 1 aliphatic rings. The Kier molecular flexibility index (Phi) is 6.32. The highest BCUT2D eigenvalue weighted by atomic mass is 16.6. The number of hydrogen-bond donors (Lipinski definition) is 0. The number of carbonyl (C=O) groups excluding carboxylic acids is 2. The van der Waals surface area contributed by atoms with Gasteiger partial charge in [-0.25, -0.2) is 0 Å². The van der Waals surface area contributed by atoms with Crippen LogP contribution >= 0.6 is 0 Å². The van der Waals surface area contributed by atoms with Gasteiger partial charge in [-0.2, -0.15) is 0 Å². The molecule has 0 atom stereocenters. The maximum absolute atomic E-state index is 11.8. The summed E-state index contributed by atoms with van der Waals surface area (Å²) < 4.78 is 10.6. The normalized spacial score (nSPS) is 18.1. The lowest BCUT2D eigenvalue weighted by Gasteiger charge is -2.36. The second kappa shape index (κ2) is 7.51. The summed E-state index contributed by atoms with van der Waals surface area (Å²) in [5.41, 5.74) is -0.266. The Bertz CT molecular complexity index is 303. The van der Waals surface area contributed by atoms with E-state index in [1.54, 1.807) is 13.8 Å². The molecule has 0 N–H and O–H groups in total. The topological polar surface area (TPSA) is 52.6 Å². The van der Waals surface area contributed by atoms with Gasteiger partial charge in [-0.05, 0) is 32.1 Å². The Balaban J connectivity index is 2.31. The van der Waals surface area contributed by atoms with Crippen molar-refractivity contribution < 1.29 is 19.1 Å². The third-order valence-corrected chi connectivity index (χ3v) is 3.76. The quantitative estimate of drug-likeness (QED) is 0.695. The number of hydrogen-bond acceptors (Lipinski definition) is 4. The summed E-state index contributed by atoms with van der Waals surface area (Å²) in [5, 5.41) is 0. The lowest BCUT2D eigenvalue weighted by molar-refractivity contribution is -0.166. The minimum absolute atomic E-state index is 0.121. The molecule has 19 heavy (non-hydrogen) atoms. The highest BCUT2D eigenvalue weighted by Gasteiger charge is 2.33. The van der Waals surface area contributed by atoms with E-state index in [1.807, 2.05) is 0 Å². The molecule has 110 valence electrons. The fourth-order valence-corrected chi connectivity index (χ4v) is 2.42. The van der Waals surface area contributed by atoms with Crippen LogP contribution in [0.25, 0.3) is 0 Å². The van der Waals surface area contributed by atoms with E-state index in [0.717, 1.165) is 32.1 Å². The van der Waals surface area contributed by atoms with Crippen LogP contribution in [0.5, 0.6) is 0 Å². The number of ether oxygens (including phenoxy) is 2. The van der Waals surface area contributed by atoms with Crippen molar-refractivity contribution in [3.8, 4) is 0 Å². The van der Waals surface area contributed by atoms with Crippen LogP contribution in [0.15, 0.2) is 0 Å². The van der Waals surface area contributed by atoms with Gasteiger partial charge in [0.05, 0.1) is 12.3 Å². The Morgan fingerprint density at radius 2 is 1.79 bits per heavy atom. The second-order valence-electron chi connectivity index (χ2n) is 5.64. The second-order valence-corrected chi connectivity index (χ2v) is 5.64. The summed E-state index contributed by atoms with van der Waals surface area (Å²) in [7, 11) is 0. The Morgan fingerprint density at radius 3 is 2.32 bits per heavy atom. The standard InChI is InChI=1S/C15H26O4/c1-4-15(9-6-5-7-10-15)19-13(16)8-11-18-14(17)12(2)3/h12H,4-11H2,1-3H3. The average molecular weight is 270 g/mol. The summed E-state index contributed by atoms with van der Waals surface area (Å²) in [6, 6.07) is 0. The van der Waals surface area contributed by atoms with E-state index in [9.17, 15) is 9.59 Å². The van der Waals surface area contributed by atoms with E-state index in [2.05, 4.69) is 6.92 Å². The van der Waals surface area contributed by atoms with Crippen LogP contribution < -0.4 is 0 Å². The molecule has 0 radical (unpaired) electrons. The molecule has 0 saturated heterocycles. The molecule has 0 aromatic heterocycles. The molecular formula is C15H26O4. The van der Waals surface area contributed by atoms with Crippen molar-refractivity contribution in [3.63, 3.8) is 0 Å². The predicted octanol–water partition coefficient (Wildman–Crippen LogP) is 3.23. The van der Waals surface area contributed by atoms with Crippen molar-refractivity contribution in [2.75, 3.05) is 6.61 Å². The fraction of sp³-hybridized carbons (Fsp3) is 0.867. The van der Waals surface area contributed by atoms with Crippen LogP contribution in [-0.4, -0.2) is 24.1 Å². The van der Waals surface area contributed by atoms with Crippen LogP contribution in [-0.2, 0) is 19.1 Å². The third kappa shape index (κ3) is 5.21. The predicted molar refractivity (Wildman–Crippen MR) is 72.6 cm³/mol. The molecular weight excluding hydrogens is 244 g/mol. The van der Waals surface area contributed by atoms with E-state index >= 15 is 0 Å². The van der Waals surface area contributed by atoms with Gasteiger partial charge >= 0.3 is 11.9 Å². The molecule has 4 nitrogen and oxygen atoms in total. The average Bonchev–Trinajstić information content (AvgIpc) is 2.39. The van der Waals surface area contributed by atoms with Gasteiger partial charge in [0.15, 0.2) is 0 Å². The lowest BCUT2D eigenvalue weighted by atomic mass is 9.83. The molecule has 1 rings (SSSR count). The van der Waals surface area contributed by atoms with Gasteiger partial charge in [-0.1, -0.05) is 27.2 Å². The van der Waals surface area contributed by atoms with E-state index in [1.165, 1.54) is 6.42 Å². The molecule has 1 aliphatic carbocycles. The first kappa shape index (κ1) is 16.0. The maximum Gasteiger partial charge on any atom is 0.309 e. The number of carbonyl (C=O) groups is 2. The Hall–Kier alpha value is -1.06. The molecule has 0 spiro atoms. The van der Waals surface area contributed by atoms with E-state index < -0.39 is 0 Å². The Morgan fingerprint density at radius 1 is 1.16 bits per heavy atom. The van der Waals surface area contributed by atoms with Crippen LogP contribution in [0, 0.1) is 5.92 Å². The van der Waals surface area contributed by atoms with Gasteiger partial charge in [-0.3, -0.25) is 9.59 Å². The summed E-state index contributed by atoms with van der Waals surface area (Å²) in [6.07, 6.45) is 6.42. The first-order valence-corrected chi connectivity index (χ1v) is 7.37. The molecule has 1 saturated carbocycles. The number of rotatable bonds is 6. The van der Waals surface area contributed by atoms with E-state index in [4.69, 9.17) is 9.47 Å². The SMILES string of the molecule is CCC1(OC(=O)CCOC(=O)C(C)C)CCCCC1. The minimum atomic E-state index is -0.268. The zero-order chi connectivity index (χ0) is 14.3. The monoisotopic (exact) mass is 270 g/mol. The summed E-state index contributed by atoms with van der Waals surface area (Å²) in [6.45, 7) is 5.73. The molecule has 0 unspecified atom stereocenters. The van der Waals surface area contributed by atoms with E-state index in [0.29, 0.717) is 0 Å². The molecule has 0 aromatic carbocycles. The summed E-state index contributed by atoms with van der Waals surface area (Å²) in [4.78, 5) is 23.1. The van der Waals surface area contributed by atoms with Gasteiger partial charge in [-0.15, -0.1) is 0 Å². The van der Waals surface area contributed by atoms with Crippen LogP contribution in [0.3, 0.4) is 0 Å². The number of esters is 2. The fourth-order valence-electron chi connectivity index (χ4n) is 2.42. The molecule has 0 heterocycles. The highest BCUT2D eigenvalue weighted by Crippen LogP contribution is 2.34. The third-order valence-electron chi connectivity index (χ3n) is 3.76. The molecule has 0 aromatic rings. The summed E-state index contributed by atoms with van der Waals surface area (Å²) >= 11 is 0. The van der Waals surface area contributed by atoms with Gasteiger partial charge in [0, 0.05) is 0 Å². The molecule has 0 aliphatic heterocycles. The largest absolute Gasteiger partial charge is 0.465 e. The van der Waals surface area contributed by atoms with Crippen molar-refractivity contribution in [1.82, 2.24) is 0 Å². The minimum Gasteiger partial charge on any atom is -0.465 e. The first-order valence-electron chi connectivity index (χ1n) is 7.37.